The van der Waals surface area contributed by atoms with Crippen molar-refractivity contribution in [1.29, 1.82) is 0 Å². The number of thioether (sulfide) groups is 1. The van der Waals surface area contributed by atoms with Crippen LogP contribution in [0.15, 0.2) is 39.7 Å². The predicted molar refractivity (Wildman–Crippen MR) is 107 cm³/mol. The maximum atomic E-state index is 14.0. The first-order valence-corrected chi connectivity index (χ1v) is 10.6. The Morgan fingerprint density at radius 2 is 2.00 bits per heavy atom. The van der Waals surface area contributed by atoms with Crippen molar-refractivity contribution in [2.45, 2.75) is 23.1 Å². The van der Waals surface area contributed by atoms with Gasteiger partial charge in [0.2, 0.25) is 5.91 Å². The Labute approximate surface area is 174 Å². The van der Waals surface area contributed by atoms with Gasteiger partial charge < -0.3 is 10.0 Å². The number of aromatic nitrogens is 1. The fourth-order valence-corrected chi connectivity index (χ4v) is 5.78. The molecule has 0 saturated carbocycles. The van der Waals surface area contributed by atoms with Crippen LogP contribution in [0.5, 0.6) is 0 Å². The second-order valence-electron chi connectivity index (χ2n) is 6.03. The summed E-state index contributed by atoms with van der Waals surface area (Å²) >= 11 is 5.60. The number of amides is 1. The number of halogens is 3. The van der Waals surface area contributed by atoms with E-state index in [0.717, 1.165) is 32.8 Å². The van der Waals surface area contributed by atoms with E-state index in [-0.39, 0.29) is 29.1 Å². The van der Waals surface area contributed by atoms with Crippen LogP contribution < -0.4 is 4.90 Å². The molecule has 0 saturated heterocycles. The van der Waals surface area contributed by atoms with E-state index in [1.54, 1.807) is 18.2 Å². The Kier molecular flexibility index (Phi) is 5.11. The summed E-state index contributed by atoms with van der Waals surface area (Å²) in [5.74, 6) is -2.66. The number of fused-ring (bicyclic) bond motifs is 2. The molecular weight excluding hydrogens is 474 g/mol. The van der Waals surface area contributed by atoms with Gasteiger partial charge in [0.05, 0.1) is 28.6 Å². The smallest absolute Gasteiger partial charge is 0.305 e. The lowest BCUT2D eigenvalue weighted by Crippen LogP contribution is -2.41. The monoisotopic (exact) mass is 484 g/mol. The van der Waals surface area contributed by atoms with Gasteiger partial charge in [0, 0.05) is 9.37 Å². The van der Waals surface area contributed by atoms with Gasteiger partial charge in [-0.15, -0.1) is 23.1 Å². The van der Waals surface area contributed by atoms with Crippen LogP contribution in [0.25, 0.3) is 10.2 Å². The summed E-state index contributed by atoms with van der Waals surface area (Å²) in [5.41, 5.74) is 0.529. The molecule has 1 amide bonds. The molecule has 2 heterocycles. The van der Waals surface area contributed by atoms with Crippen molar-refractivity contribution in [2.75, 3.05) is 4.90 Å². The molecule has 5 nitrogen and oxygen atoms in total. The van der Waals surface area contributed by atoms with Crippen LogP contribution in [-0.2, 0) is 16.1 Å². The van der Waals surface area contributed by atoms with E-state index in [0.29, 0.717) is 10.7 Å². The predicted octanol–water partition coefficient (Wildman–Crippen LogP) is 4.82. The number of carboxylic acids is 1. The average Bonchev–Trinajstić information content (AvgIpc) is 3.07. The van der Waals surface area contributed by atoms with Gasteiger partial charge in [0.25, 0.3) is 0 Å². The number of benzene rings is 2. The summed E-state index contributed by atoms with van der Waals surface area (Å²) in [7, 11) is 0. The number of carbonyl (C=O) groups excluding carboxylic acids is 1. The Morgan fingerprint density at radius 3 is 2.71 bits per heavy atom. The van der Waals surface area contributed by atoms with E-state index in [1.807, 2.05) is 0 Å². The summed E-state index contributed by atoms with van der Waals surface area (Å²) in [6.07, 6.45) is -0.329. The first-order valence-electron chi connectivity index (χ1n) is 8.07. The average molecular weight is 485 g/mol. The van der Waals surface area contributed by atoms with Crippen LogP contribution in [0, 0.1) is 11.6 Å². The third-order valence-corrected chi connectivity index (χ3v) is 7.47. The maximum Gasteiger partial charge on any atom is 0.305 e. The number of thiazole rings is 1. The van der Waals surface area contributed by atoms with Crippen molar-refractivity contribution >= 4 is 66.8 Å². The third kappa shape index (κ3) is 3.40. The number of anilines is 1. The second kappa shape index (κ2) is 7.41. The molecule has 0 fully saturated rings. The number of carbonyl (C=O) groups is 2. The first kappa shape index (κ1) is 19.3. The zero-order valence-electron chi connectivity index (χ0n) is 14.0. The van der Waals surface area contributed by atoms with Crippen LogP contribution in [-0.4, -0.2) is 27.2 Å². The minimum Gasteiger partial charge on any atom is -0.481 e. The molecule has 0 aliphatic carbocycles. The highest BCUT2D eigenvalue weighted by Gasteiger charge is 2.36. The number of carboxylic acid groups (broad SMARTS) is 1. The molecule has 1 unspecified atom stereocenters. The van der Waals surface area contributed by atoms with Gasteiger partial charge in [-0.25, -0.2) is 13.8 Å². The van der Waals surface area contributed by atoms with E-state index in [4.69, 9.17) is 5.11 Å². The molecule has 2 aromatic carbocycles. The lowest BCUT2D eigenvalue weighted by atomic mass is 10.2. The van der Waals surface area contributed by atoms with E-state index < -0.39 is 22.9 Å². The minimum atomic E-state index is -1.08. The maximum absolute atomic E-state index is 14.0. The van der Waals surface area contributed by atoms with Gasteiger partial charge in [0.15, 0.2) is 5.82 Å². The molecule has 28 heavy (non-hydrogen) atoms. The SMILES string of the molecule is O=C(O)CC1Sc2c(Br)cccc2N(Cc2nc3c(F)ccc(F)c3s2)C1=O. The van der Waals surface area contributed by atoms with Crippen molar-refractivity contribution in [3.63, 3.8) is 0 Å². The molecule has 3 aromatic rings. The summed E-state index contributed by atoms with van der Waals surface area (Å²) in [6, 6.07) is 7.37. The molecular formula is C18H11BrF2N2O3S2. The highest BCUT2D eigenvalue weighted by atomic mass is 79.9. The van der Waals surface area contributed by atoms with Crippen molar-refractivity contribution in [2.24, 2.45) is 0 Å². The Morgan fingerprint density at radius 1 is 1.25 bits per heavy atom. The van der Waals surface area contributed by atoms with Gasteiger partial charge >= 0.3 is 5.97 Å². The van der Waals surface area contributed by atoms with E-state index in [9.17, 15) is 18.4 Å². The second-order valence-corrected chi connectivity index (χ2v) is 9.18. The Hall–Kier alpha value is -2.04. The molecule has 1 aliphatic rings. The zero-order valence-corrected chi connectivity index (χ0v) is 17.2. The van der Waals surface area contributed by atoms with Crippen molar-refractivity contribution in [3.05, 3.63) is 51.4 Å². The summed E-state index contributed by atoms with van der Waals surface area (Å²) < 4.78 is 28.8. The molecule has 144 valence electrons. The quantitative estimate of drug-likeness (QED) is 0.574. The fourth-order valence-electron chi connectivity index (χ4n) is 2.95. The fraction of sp³-hybridized carbons (Fsp3) is 0.167. The van der Waals surface area contributed by atoms with Gasteiger partial charge in [0.1, 0.15) is 16.3 Å². The van der Waals surface area contributed by atoms with Gasteiger partial charge in [-0.05, 0) is 40.2 Å². The van der Waals surface area contributed by atoms with Gasteiger partial charge in [-0.1, -0.05) is 6.07 Å². The largest absolute Gasteiger partial charge is 0.481 e. The number of hydrogen-bond acceptors (Lipinski definition) is 5. The minimum absolute atomic E-state index is 0.00279. The Balaban J connectivity index is 1.76. The van der Waals surface area contributed by atoms with Crippen LogP contribution in [0.1, 0.15) is 11.4 Å². The molecule has 0 spiro atoms. The molecule has 1 N–H and O–H groups in total. The normalized spacial score (nSPS) is 16.5. The van der Waals surface area contributed by atoms with Crippen molar-refractivity contribution in [3.8, 4) is 0 Å². The van der Waals surface area contributed by atoms with Gasteiger partial charge in [-0.3, -0.25) is 9.59 Å². The first-order chi connectivity index (χ1) is 13.3. The number of nitrogens with zero attached hydrogens (tertiary/aromatic N) is 2. The van der Waals surface area contributed by atoms with E-state index in [1.165, 1.54) is 16.7 Å². The van der Waals surface area contributed by atoms with E-state index >= 15 is 0 Å². The summed E-state index contributed by atoms with van der Waals surface area (Å²) in [4.78, 5) is 30.5. The van der Waals surface area contributed by atoms with E-state index in [2.05, 4.69) is 20.9 Å². The highest BCUT2D eigenvalue weighted by molar-refractivity contribution is 9.10. The van der Waals surface area contributed by atoms with Crippen LogP contribution in [0.2, 0.25) is 0 Å². The highest BCUT2D eigenvalue weighted by Crippen LogP contribution is 2.45. The molecule has 1 atom stereocenters. The van der Waals surface area contributed by atoms with Gasteiger partial charge in [-0.2, -0.15) is 0 Å². The number of rotatable bonds is 4. The zero-order chi connectivity index (χ0) is 20.0. The van der Waals surface area contributed by atoms with Crippen molar-refractivity contribution in [1.82, 2.24) is 4.98 Å². The number of aliphatic carboxylic acids is 1. The molecule has 1 aliphatic heterocycles. The lowest BCUT2D eigenvalue weighted by Gasteiger charge is -2.33. The van der Waals surface area contributed by atoms with Crippen LogP contribution >= 0.6 is 39.0 Å². The molecule has 10 heteroatoms. The summed E-state index contributed by atoms with van der Waals surface area (Å²) in [5, 5.41) is 8.70. The van der Waals surface area contributed by atoms with Crippen LogP contribution in [0.3, 0.4) is 0 Å². The molecule has 0 radical (unpaired) electrons. The van der Waals surface area contributed by atoms with Crippen molar-refractivity contribution < 1.29 is 23.5 Å². The lowest BCUT2D eigenvalue weighted by molar-refractivity contribution is -0.138. The molecule has 0 bridgehead atoms. The Bertz CT molecular complexity index is 1080. The number of hydrogen-bond donors (Lipinski definition) is 1. The molecule has 1 aromatic heterocycles. The topological polar surface area (TPSA) is 70.5 Å². The third-order valence-electron chi connectivity index (χ3n) is 4.18. The van der Waals surface area contributed by atoms with Crippen LogP contribution in [0.4, 0.5) is 14.5 Å². The molecule has 4 rings (SSSR count). The summed E-state index contributed by atoms with van der Waals surface area (Å²) in [6.45, 7) is -0.00279. The standard InChI is InChI=1S/C18H11BrF2N2O3S2/c19-8-2-1-3-11-16(8)27-12(6-14(24)25)18(26)23(11)7-13-22-15-9(20)4-5-10(21)17(15)28-13/h1-5,12H,6-7H2,(H,24,25).